The highest BCUT2D eigenvalue weighted by molar-refractivity contribution is 5.94. The van der Waals surface area contributed by atoms with E-state index in [1.807, 2.05) is 36.1 Å². The molecule has 0 saturated carbocycles. The fraction of sp³-hybridized carbons (Fsp3) is 0.417. The predicted molar refractivity (Wildman–Crippen MR) is 119 cm³/mol. The number of carbonyl (C=O) groups excluding carboxylic acids is 2. The second kappa shape index (κ2) is 10.4. The molecule has 32 heavy (non-hydrogen) atoms. The molecule has 2 amide bonds. The van der Waals surface area contributed by atoms with Crippen molar-refractivity contribution in [2.45, 2.75) is 13.3 Å². The summed E-state index contributed by atoms with van der Waals surface area (Å²) >= 11 is 0. The van der Waals surface area contributed by atoms with Gasteiger partial charge < -0.3 is 24.4 Å². The molecule has 2 aromatic rings. The number of nitrogens with one attached hydrogen (secondary N) is 1. The molecule has 0 spiro atoms. The van der Waals surface area contributed by atoms with E-state index in [1.54, 1.807) is 18.2 Å². The van der Waals surface area contributed by atoms with Gasteiger partial charge in [-0.3, -0.25) is 14.5 Å². The highest BCUT2D eigenvalue weighted by Gasteiger charge is 2.21. The first kappa shape index (κ1) is 22.0. The van der Waals surface area contributed by atoms with Crippen molar-refractivity contribution in [2.75, 3.05) is 52.7 Å². The van der Waals surface area contributed by atoms with Crippen molar-refractivity contribution in [2.24, 2.45) is 0 Å². The molecule has 0 aromatic heterocycles. The van der Waals surface area contributed by atoms with E-state index in [0.717, 1.165) is 30.9 Å². The van der Waals surface area contributed by atoms with Crippen LogP contribution >= 0.6 is 0 Å². The van der Waals surface area contributed by atoms with E-state index in [2.05, 4.69) is 10.2 Å². The van der Waals surface area contributed by atoms with Crippen molar-refractivity contribution in [1.82, 2.24) is 15.1 Å². The molecule has 1 N–H and O–H groups in total. The molecule has 0 aliphatic carbocycles. The number of rotatable bonds is 8. The topological polar surface area (TPSA) is 80.3 Å². The van der Waals surface area contributed by atoms with Crippen molar-refractivity contribution in [1.29, 1.82) is 0 Å². The molecule has 0 bridgehead atoms. The van der Waals surface area contributed by atoms with Crippen molar-refractivity contribution in [3.05, 3.63) is 53.6 Å². The van der Waals surface area contributed by atoms with Gasteiger partial charge in [0.05, 0.1) is 13.0 Å². The lowest BCUT2D eigenvalue weighted by Crippen LogP contribution is -2.50. The van der Waals surface area contributed by atoms with Gasteiger partial charge in [0.25, 0.3) is 5.91 Å². The van der Waals surface area contributed by atoms with E-state index in [-0.39, 0.29) is 18.6 Å². The molecule has 8 heteroatoms. The predicted octanol–water partition coefficient (Wildman–Crippen LogP) is 1.93. The number of fused-ring (bicyclic) bond motifs is 1. The Labute approximate surface area is 188 Å². The van der Waals surface area contributed by atoms with Crippen LogP contribution in [-0.4, -0.2) is 74.3 Å². The summed E-state index contributed by atoms with van der Waals surface area (Å²) in [6.07, 6.45) is 0.401. The number of piperazine rings is 1. The minimum Gasteiger partial charge on any atom is -0.494 e. The maximum atomic E-state index is 12.6. The van der Waals surface area contributed by atoms with E-state index in [1.165, 1.54) is 0 Å². The smallest absolute Gasteiger partial charge is 0.251 e. The van der Waals surface area contributed by atoms with Crippen LogP contribution in [0.15, 0.2) is 42.5 Å². The third kappa shape index (κ3) is 5.50. The summed E-state index contributed by atoms with van der Waals surface area (Å²) in [5, 5.41) is 2.95. The summed E-state index contributed by atoms with van der Waals surface area (Å²) in [5.74, 6) is 2.10. The van der Waals surface area contributed by atoms with Crippen molar-refractivity contribution in [3.8, 4) is 17.2 Å². The van der Waals surface area contributed by atoms with Gasteiger partial charge in [0.1, 0.15) is 5.75 Å². The number of hydrogen-bond acceptors (Lipinski definition) is 6. The summed E-state index contributed by atoms with van der Waals surface area (Å²) in [6, 6.07) is 12.9. The number of amides is 2. The molecular weight excluding hydrogens is 410 g/mol. The molecule has 0 radical (unpaired) electrons. The highest BCUT2D eigenvalue weighted by Crippen LogP contribution is 2.32. The van der Waals surface area contributed by atoms with Gasteiger partial charge in [0.15, 0.2) is 11.5 Å². The van der Waals surface area contributed by atoms with Crippen LogP contribution in [0.25, 0.3) is 0 Å². The zero-order valence-corrected chi connectivity index (χ0v) is 18.3. The van der Waals surface area contributed by atoms with Crippen LogP contribution in [0.4, 0.5) is 0 Å². The summed E-state index contributed by atoms with van der Waals surface area (Å²) in [6.45, 7) is 7.07. The Morgan fingerprint density at radius 1 is 1.00 bits per heavy atom. The van der Waals surface area contributed by atoms with Gasteiger partial charge in [0.2, 0.25) is 12.7 Å². The molecule has 2 heterocycles. The molecule has 4 rings (SSSR count). The van der Waals surface area contributed by atoms with Gasteiger partial charge in [0, 0.05) is 44.8 Å². The summed E-state index contributed by atoms with van der Waals surface area (Å²) in [5.41, 5.74) is 1.55. The summed E-state index contributed by atoms with van der Waals surface area (Å²) in [4.78, 5) is 29.2. The fourth-order valence-corrected chi connectivity index (χ4v) is 3.84. The van der Waals surface area contributed by atoms with Crippen molar-refractivity contribution >= 4 is 11.8 Å². The SMILES string of the molecule is CCOc1ccc(CC(=O)N2CCN(CCNC(=O)c3ccc4c(c3)OCO4)CC2)cc1. The molecule has 2 aliphatic heterocycles. The average Bonchev–Trinajstić information content (AvgIpc) is 3.29. The first-order chi connectivity index (χ1) is 15.6. The lowest BCUT2D eigenvalue weighted by atomic mass is 10.1. The molecule has 0 atom stereocenters. The molecule has 2 aliphatic rings. The van der Waals surface area contributed by atoms with Crippen LogP contribution in [0.5, 0.6) is 17.2 Å². The standard InChI is InChI=1S/C24H29N3O5/c1-2-30-20-6-3-18(4-7-20)15-23(28)27-13-11-26(12-14-27)10-9-25-24(29)19-5-8-21-22(16-19)32-17-31-21/h3-8,16H,2,9-15,17H2,1H3,(H,25,29). The van der Waals surface area contributed by atoms with E-state index >= 15 is 0 Å². The monoisotopic (exact) mass is 439 g/mol. The molecule has 1 fully saturated rings. The van der Waals surface area contributed by atoms with Gasteiger partial charge in [-0.2, -0.15) is 0 Å². The maximum Gasteiger partial charge on any atom is 0.251 e. The molecule has 1 saturated heterocycles. The first-order valence-electron chi connectivity index (χ1n) is 11.0. The Morgan fingerprint density at radius 3 is 2.50 bits per heavy atom. The quantitative estimate of drug-likeness (QED) is 0.677. The van der Waals surface area contributed by atoms with Crippen LogP contribution in [0.3, 0.4) is 0 Å². The van der Waals surface area contributed by atoms with Crippen LogP contribution < -0.4 is 19.5 Å². The third-order valence-electron chi connectivity index (χ3n) is 5.66. The largest absolute Gasteiger partial charge is 0.494 e. The van der Waals surface area contributed by atoms with Crippen LogP contribution in [0, 0.1) is 0 Å². The molecule has 2 aromatic carbocycles. The zero-order valence-electron chi connectivity index (χ0n) is 18.3. The Morgan fingerprint density at radius 2 is 1.75 bits per heavy atom. The summed E-state index contributed by atoms with van der Waals surface area (Å²) < 4.78 is 16.0. The van der Waals surface area contributed by atoms with Gasteiger partial charge in [-0.15, -0.1) is 0 Å². The van der Waals surface area contributed by atoms with E-state index in [9.17, 15) is 9.59 Å². The Bertz CT molecular complexity index is 939. The van der Waals surface area contributed by atoms with Gasteiger partial charge in [-0.25, -0.2) is 0 Å². The Balaban J connectivity index is 1.16. The number of ether oxygens (including phenoxy) is 3. The second-order valence-electron chi connectivity index (χ2n) is 7.80. The maximum absolute atomic E-state index is 12.6. The minimum atomic E-state index is -0.132. The van der Waals surface area contributed by atoms with Crippen LogP contribution in [-0.2, 0) is 11.2 Å². The Kier molecular flexibility index (Phi) is 7.11. The highest BCUT2D eigenvalue weighted by atomic mass is 16.7. The zero-order chi connectivity index (χ0) is 22.3. The number of hydrogen-bond donors (Lipinski definition) is 1. The average molecular weight is 440 g/mol. The lowest BCUT2D eigenvalue weighted by Gasteiger charge is -2.34. The molecule has 0 unspecified atom stereocenters. The number of benzene rings is 2. The van der Waals surface area contributed by atoms with Crippen molar-refractivity contribution < 1.29 is 23.8 Å². The number of nitrogens with zero attached hydrogens (tertiary/aromatic N) is 2. The summed E-state index contributed by atoms with van der Waals surface area (Å²) in [7, 11) is 0. The van der Waals surface area contributed by atoms with Crippen molar-refractivity contribution in [3.63, 3.8) is 0 Å². The van der Waals surface area contributed by atoms with Gasteiger partial charge >= 0.3 is 0 Å². The van der Waals surface area contributed by atoms with Crippen LogP contribution in [0.2, 0.25) is 0 Å². The molecule has 8 nitrogen and oxygen atoms in total. The third-order valence-corrected chi connectivity index (χ3v) is 5.66. The van der Waals surface area contributed by atoms with Gasteiger partial charge in [-0.1, -0.05) is 12.1 Å². The number of carbonyl (C=O) groups is 2. The van der Waals surface area contributed by atoms with E-state index in [4.69, 9.17) is 14.2 Å². The lowest BCUT2D eigenvalue weighted by molar-refractivity contribution is -0.132. The first-order valence-corrected chi connectivity index (χ1v) is 11.0. The van der Waals surface area contributed by atoms with Crippen LogP contribution in [0.1, 0.15) is 22.8 Å². The molecular formula is C24H29N3O5. The normalized spacial score (nSPS) is 15.5. The second-order valence-corrected chi connectivity index (χ2v) is 7.80. The minimum absolute atomic E-state index is 0.132. The van der Waals surface area contributed by atoms with E-state index in [0.29, 0.717) is 49.7 Å². The fourth-order valence-electron chi connectivity index (χ4n) is 3.84. The van der Waals surface area contributed by atoms with Gasteiger partial charge in [-0.05, 0) is 42.8 Å². The van der Waals surface area contributed by atoms with E-state index < -0.39 is 0 Å². The Hall–Kier alpha value is -3.26. The molecule has 170 valence electrons.